The molecule has 0 spiro atoms. The molecule has 0 aromatic carbocycles. The number of amides is 1. The maximum absolute atomic E-state index is 12.0. The Kier molecular flexibility index (Phi) is 4.95. The zero-order valence-electron chi connectivity index (χ0n) is 11.0. The van der Waals surface area contributed by atoms with E-state index in [0.717, 1.165) is 12.8 Å². The van der Waals surface area contributed by atoms with Gasteiger partial charge in [-0.25, -0.2) is 0 Å². The zero-order valence-corrected chi connectivity index (χ0v) is 11.8. The summed E-state index contributed by atoms with van der Waals surface area (Å²) < 4.78 is 0. The molecule has 5 nitrogen and oxygen atoms in total. The average molecular weight is 297 g/mol. The Morgan fingerprint density at radius 1 is 1.35 bits per heavy atom. The molecule has 1 aliphatic rings. The Bertz CT molecular complexity index is 499. The molecular weight excluding hydrogens is 280 g/mol. The quantitative estimate of drug-likeness (QED) is 0.894. The van der Waals surface area contributed by atoms with Gasteiger partial charge in [-0.1, -0.05) is 11.6 Å². The molecule has 0 atom stereocenters. The fourth-order valence-electron chi connectivity index (χ4n) is 2.49. The Balaban J connectivity index is 1.80. The first-order valence-electron chi connectivity index (χ1n) is 6.68. The van der Waals surface area contributed by atoms with Crippen molar-refractivity contribution in [1.29, 1.82) is 0 Å². The molecule has 1 aromatic rings. The highest BCUT2D eigenvalue weighted by Crippen LogP contribution is 2.28. The van der Waals surface area contributed by atoms with Gasteiger partial charge in [0.15, 0.2) is 0 Å². The van der Waals surface area contributed by atoms with Crippen LogP contribution in [0.2, 0.25) is 5.02 Å². The number of aliphatic carboxylic acids is 1. The summed E-state index contributed by atoms with van der Waals surface area (Å²) in [5.74, 6) is -0.835. The molecule has 6 heteroatoms. The molecule has 1 heterocycles. The van der Waals surface area contributed by atoms with Gasteiger partial charge in [-0.2, -0.15) is 0 Å². The fraction of sp³-hybridized carbons (Fsp3) is 0.500. The molecule has 1 aromatic heterocycles. The van der Waals surface area contributed by atoms with E-state index in [1.54, 1.807) is 6.07 Å². The summed E-state index contributed by atoms with van der Waals surface area (Å²) in [6.45, 7) is 0.552. The molecule has 0 unspecified atom stereocenters. The van der Waals surface area contributed by atoms with E-state index in [1.807, 2.05) is 0 Å². The van der Waals surface area contributed by atoms with Crippen molar-refractivity contribution in [2.45, 2.75) is 25.7 Å². The van der Waals surface area contributed by atoms with Gasteiger partial charge >= 0.3 is 5.97 Å². The lowest BCUT2D eigenvalue weighted by atomic mass is 9.82. The number of nitrogens with one attached hydrogen (secondary N) is 1. The van der Waals surface area contributed by atoms with Crippen LogP contribution in [-0.4, -0.2) is 28.5 Å². The number of rotatable bonds is 4. The maximum atomic E-state index is 12.0. The van der Waals surface area contributed by atoms with Crippen LogP contribution < -0.4 is 5.32 Å². The zero-order chi connectivity index (χ0) is 14.5. The summed E-state index contributed by atoms with van der Waals surface area (Å²) >= 11 is 5.93. The summed E-state index contributed by atoms with van der Waals surface area (Å²) in [6.07, 6.45) is 6.01. The number of aromatic nitrogens is 1. The highest BCUT2D eigenvalue weighted by Gasteiger charge is 2.26. The van der Waals surface area contributed by atoms with E-state index in [2.05, 4.69) is 10.3 Å². The second-order valence-electron chi connectivity index (χ2n) is 5.12. The van der Waals surface area contributed by atoms with Crippen LogP contribution in [-0.2, 0) is 4.79 Å². The van der Waals surface area contributed by atoms with Gasteiger partial charge < -0.3 is 10.4 Å². The van der Waals surface area contributed by atoms with Crippen molar-refractivity contribution < 1.29 is 14.7 Å². The molecule has 20 heavy (non-hydrogen) atoms. The monoisotopic (exact) mass is 296 g/mol. The van der Waals surface area contributed by atoms with Crippen molar-refractivity contribution in [1.82, 2.24) is 10.3 Å². The first kappa shape index (κ1) is 14.8. The first-order valence-corrected chi connectivity index (χ1v) is 7.06. The van der Waals surface area contributed by atoms with E-state index < -0.39 is 5.97 Å². The van der Waals surface area contributed by atoms with E-state index in [1.165, 1.54) is 12.4 Å². The fourth-order valence-corrected chi connectivity index (χ4v) is 2.68. The minimum atomic E-state index is -0.713. The van der Waals surface area contributed by atoms with Crippen molar-refractivity contribution in [3.05, 3.63) is 29.0 Å². The Morgan fingerprint density at radius 2 is 2.05 bits per heavy atom. The normalized spacial score (nSPS) is 22.2. The van der Waals surface area contributed by atoms with Gasteiger partial charge in [-0.05, 0) is 37.7 Å². The molecule has 1 aliphatic carbocycles. The van der Waals surface area contributed by atoms with Crippen LogP contribution in [0.25, 0.3) is 0 Å². The van der Waals surface area contributed by atoms with Crippen molar-refractivity contribution in [3.8, 4) is 0 Å². The summed E-state index contributed by atoms with van der Waals surface area (Å²) in [6, 6.07) is 1.58. The number of carbonyl (C=O) groups excluding carboxylic acids is 1. The third kappa shape index (κ3) is 3.70. The number of hydrogen-bond donors (Lipinski definition) is 2. The number of carboxylic acid groups (broad SMARTS) is 1. The summed E-state index contributed by atoms with van der Waals surface area (Å²) in [7, 11) is 0. The number of halogens is 1. The predicted octanol–water partition coefficient (Wildman–Crippen LogP) is 2.36. The molecular formula is C14H17ClN2O3. The largest absolute Gasteiger partial charge is 0.481 e. The lowest BCUT2D eigenvalue weighted by Crippen LogP contribution is -2.32. The summed E-state index contributed by atoms with van der Waals surface area (Å²) in [5.41, 5.74) is 0.369. The molecule has 2 N–H and O–H groups in total. The number of nitrogens with zero attached hydrogens (tertiary/aromatic N) is 1. The van der Waals surface area contributed by atoms with E-state index in [9.17, 15) is 9.59 Å². The highest BCUT2D eigenvalue weighted by atomic mass is 35.5. The van der Waals surface area contributed by atoms with Crippen LogP contribution >= 0.6 is 11.6 Å². The number of carboxylic acids is 1. The van der Waals surface area contributed by atoms with Gasteiger partial charge in [0.2, 0.25) is 0 Å². The van der Waals surface area contributed by atoms with Gasteiger partial charge in [0.05, 0.1) is 16.5 Å². The lowest BCUT2D eigenvalue weighted by Gasteiger charge is -2.26. The molecule has 0 aliphatic heterocycles. The molecule has 0 bridgehead atoms. The Labute approximate surface area is 122 Å². The highest BCUT2D eigenvalue weighted by molar-refractivity contribution is 6.33. The van der Waals surface area contributed by atoms with Crippen LogP contribution in [0.5, 0.6) is 0 Å². The molecule has 1 saturated carbocycles. The smallest absolute Gasteiger partial charge is 0.306 e. The molecule has 0 saturated heterocycles. The van der Waals surface area contributed by atoms with E-state index in [0.29, 0.717) is 35.9 Å². The Morgan fingerprint density at radius 3 is 2.65 bits per heavy atom. The van der Waals surface area contributed by atoms with Crippen molar-refractivity contribution in [3.63, 3.8) is 0 Å². The van der Waals surface area contributed by atoms with Crippen molar-refractivity contribution in [2.75, 3.05) is 6.54 Å². The lowest BCUT2D eigenvalue weighted by molar-refractivity contribution is -0.143. The number of carbonyl (C=O) groups is 2. The van der Waals surface area contributed by atoms with Crippen LogP contribution in [0.1, 0.15) is 36.0 Å². The molecule has 1 fully saturated rings. The minimum Gasteiger partial charge on any atom is -0.481 e. The van der Waals surface area contributed by atoms with Crippen LogP contribution in [0.15, 0.2) is 18.5 Å². The SMILES string of the molecule is O=C(NCC1CCC(C(=O)O)CC1)c1cnccc1Cl. The third-order valence-electron chi connectivity index (χ3n) is 3.76. The van der Waals surface area contributed by atoms with Gasteiger partial charge in [-0.3, -0.25) is 14.6 Å². The van der Waals surface area contributed by atoms with Gasteiger partial charge in [0.25, 0.3) is 5.91 Å². The third-order valence-corrected chi connectivity index (χ3v) is 4.09. The summed E-state index contributed by atoms with van der Waals surface area (Å²) in [5, 5.41) is 12.2. The molecule has 108 valence electrons. The van der Waals surface area contributed by atoms with Crippen LogP contribution in [0.3, 0.4) is 0 Å². The predicted molar refractivity (Wildman–Crippen MR) is 74.7 cm³/mol. The van der Waals surface area contributed by atoms with E-state index in [4.69, 9.17) is 16.7 Å². The number of hydrogen-bond acceptors (Lipinski definition) is 3. The topological polar surface area (TPSA) is 79.3 Å². The van der Waals surface area contributed by atoms with Crippen molar-refractivity contribution in [2.24, 2.45) is 11.8 Å². The van der Waals surface area contributed by atoms with E-state index >= 15 is 0 Å². The average Bonchev–Trinajstić information content (AvgIpc) is 2.45. The molecule has 2 rings (SSSR count). The van der Waals surface area contributed by atoms with Crippen molar-refractivity contribution >= 4 is 23.5 Å². The second-order valence-corrected chi connectivity index (χ2v) is 5.53. The first-order chi connectivity index (χ1) is 9.58. The van der Waals surface area contributed by atoms with Crippen LogP contribution in [0, 0.1) is 11.8 Å². The van der Waals surface area contributed by atoms with Gasteiger partial charge in [-0.15, -0.1) is 0 Å². The Hall–Kier alpha value is -1.62. The van der Waals surface area contributed by atoms with Crippen LogP contribution in [0.4, 0.5) is 0 Å². The van der Waals surface area contributed by atoms with Gasteiger partial charge in [0.1, 0.15) is 0 Å². The standard InChI is InChI=1S/C14H17ClN2O3/c15-12-5-6-16-8-11(12)13(18)17-7-9-1-3-10(4-2-9)14(19)20/h5-6,8-10H,1-4,7H2,(H,17,18)(H,19,20). The minimum absolute atomic E-state index is 0.227. The number of pyridine rings is 1. The van der Waals surface area contributed by atoms with E-state index in [-0.39, 0.29) is 11.8 Å². The maximum Gasteiger partial charge on any atom is 0.306 e. The van der Waals surface area contributed by atoms with Gasteiger partial charge in [0, 0.05) is 18.9 Å². The molecule has 1 amide bonds. The second kappa shape index (κ2) is 6.70. The molecule has 0 radical (unpaired) electrons. The summed E-state index contributed by atoms with van der Waals surface area (Å²) in [4.78, 5) is 26.7.